The fourth-order valence-corrected chi connectivity index (χ4v) is 6.94. The second-order valence-corrected chi connectivity index (χ2v) is 9.88. The topological polar surface area (TPSA) is 60.4 Å². The first-order valence-electron chi connectivity index (χ1n) is 8.71. The Hall–Kier alpha value is -1.23. The molecule has 0 aromatic heterocycles. The highest BCUT2D eigenvalue weighted by atomic mass is 32.2. The van der Waals surface area contributed by atoms with Crippen LogP contribution in [-0.2, 0) is 25.1 Å². The normalized spacial score (nSPS) is 48.0. The van der Waals surface area contributed by atoms with E-state index in [1.165, 1.54) is 0 Å². The molecule has 1 saturated heterocycles. The van der Waals surface area contributed by atoms with E-state index >= 15 is 0 Å². The maximum atomic E-state index is 12.5. The Balaban J connectivity index is 1.82. The van der Waals surface area contributed by atoms with Crippen LogP contribution in [0.5, 0.6) is 0 Å². The number of hydrogen-bond donors (Lipinski definition) is 0. The second kappa shape index (κ2) is 5.13. The van der Waals surface area contributed by atoms with Gasteiger partial charge in [0.15, 0.2) is 5.78 Å². The third kappa shape index (κ3) is 2.00. The highest BCUT2D eigenvalue weighted by Crippen LogP contribution is 2.62. The lowest BCUT2D eigenvalue weighted by atomic mass is 9.48. The minimum absolute atomic E-state index is 0.00671. The summed E-state index contributed by atoms with van der Waals surface area (Å²) in [5.74, 6) is 0.570. The first kappa shape index (κ1) is 16.2. The average Bonchev–Trinajstić information content (AvgIpc) is 2.83. The molecule has 3 fully saturated rings. The molecule has 4 aliphatic rings. The number of esters is 1. The number of carbonyl (C=O) groups is 2. The molecule has 2 saturated carbocycles. The summed E-state index contributed by atoms with van der Waals surface area (Å²) in [7, 11) is -0.997. The van der Waals surface area contributed by atoms with E-state index < -0.39 is 16.2 Å². The zero-order valence-corrected chi connectivity index (χ0v) is 15.2. The number of ether oxygens (including phenoxy) is 1. The molecule has 7 atom stereocenters. The Morgan fingerprint density at radius 1 is 1.25 bits per heavy atom. The van der Waals surface area contributed by atoms with E-state index in [1.54, 1.807) is 18.4 Å². The van der Waals surface area contributed by atoms with Gasteiger partial charge in [-0.15, -0.1) is 0 Å². The smallest absolute Gasteiger partial charge is 0.312 e. The first-order valence-corrected chi connectivity index (χ1v) is 10.3. The van der Waals surface area contributed by atoms with Gasteiger partial charge in [-0.25, -0.2) is 0 Å². The zero-order valence-electron chi connectivity index (χ0n) is 14.4. The highest BCUT2D eigenvalue weighted by molar-refractivity contribution is 7.84. The first-order chi connectivity index (χ1) is 11.3. The second-order valence-electron chi connectivity index (χ2n) is 8.27. The number of hydrogen-bond acceptors (Lipinski definition) is 4. The summed E-state index contributed by atoms with van der Waals surface area (Å²) in [6.07, 6.45) is 9.64. The van der Waals surface area contributed by atoms with Gasteiger partial charge >= 0.3 is 5.97 Å². The van der Waals surface area contributed by atoms with Crippen molar-refractivity contribution in [1.29, 1.82) is 0 Å². The standard InChI is InChI=1S/C19H24O4S/c1-18-6-4-12(20)8-11(18)9-15(24(3)22)16-13(18)5-7-19(2)14(16)10-23-17(19)21/h4,6,8,13-16H,5,7,9-10H2,1-3H3/t13-,14-,15-,16+,18-,19-,24?/m0/s1. The average molecular weight is 348 g/mol. The predicted octanol–water partition coefficient (Wildman–Crippen LogP) is 2.41. The molecule has 1 unspecified atom stereocenters. The van der Waals surface area contributed by atoms with Gasteiger partial charge in [0.05, 0.1) is 12.0 Å². The maximum absolute atomic E-state index is 12.5. The van der Waals surface area contributed by atoms with E-state index in [0.29, 0.717) is 18.9 Å². The molecule has 0 radical (unpaired) electrons. The van der Waals surface area contributed by atoms with Crippen LogP contribution in [-0.4, -0.2) is 34.1 Å². The summed E-state index contributed by atoms with van der Waals surface area (Å²) in [5, 5.41) is -0.00671. The quantitative estimate of drug-likeness (QED) is 0.683. The number of cyclic esters (lactones) is 1. The zero-order chi connectivity index (χ0) is 17.3. The van der Waals surface area contributed by atoms with Crippen molar-refractivity contribution in [2.75, 3.05) is 12.9 Å². The molecule has 0 N–H and O–H groups in total. The van der Waals surface area contributed by atoms with Gasteiger partial charge in [-0.3, -0.25) is 13.8 Å². The molecule has 1 aliphatic heterocycles. The lowest BCUT2D eigenvalue weighted by Gasteiger charge is -2.56. The van der Waals surface area contributed by atoms with Crippen LogP contribution in [0.1, 0.15) is 33.1 Å². The van der Waals surface area contributed by atoms with Crippen LogP contribution in [0.3, 0.4) is 0 Å². The molecule has 0 aromatic carbocycles. The third-order valence-electron chi connectivity index (χ3n) is 7.23. The van der Waals surface area contributed by atoms with Crippen LogP contribution in [0.4, 0.5) is 0 Å². The summed E-state index contributed by atoms with van der Waals surface area (Å²) in [6.45, 7) is 4.67. The number of fused-ring (bicyclic) bond motifs is 5. The van der Waals surface area contributed by atoms with Crippen molar-refractivity contribution in [2.24, 2.45) is 28.6 Å². The van der Waals surface area contributed by atoms with Gasteiger partial charge in [-0.2, -0.15) is 0 Å². The number of carbonyl (C=O) groups excluding carboxylic acids is 2. The Bertz CT molecular complexity index is 708. The summed E-state index contributed by atoms with van der Waals surface area (Å²) >= 11 is 0. The van der Waals surface area contributed by atoms with Crippen LogP contribution < -0.4 is 0 Å². The van der Waals surface area contributed by atoms with Crippen molar-refractivity contribution in [3.63, 3.8) is 0 Å². The molecular formula is C19H24O4S. The van der Waals surface area contributed by atoms with Crippen LogP contribution >= 0.6 is 0 Å². The van der Waals surface area contributed by atoms with Gasteiger partial charge in [-0.05, 0) is 50.2 Å². The number of rotatable bonds is 1. The molecule has 0 amide bonds. The Labute approximate surface area is 145 Å². The van der Waals surface area contributed by atoms with Crippen LogP contribution in [0.2, 0.25) is 0 Å². The molecule has 4 rings (SSSR count). The molecular weight excluding hydrogens is 324 g/mol. The van der Waals surface area contributed by atoms with Crippen LogP contribution in [0.15, 0.2) is 23.8 Å². The van der Waals surface area contributed by atoms with E-state index in [9.17, 15) is 13.8 Å². The van der Waals surface area contributed by atoms with Crippen LogP contribution in [0, 0.1) is 28.6 Å². The van der Waals surface area contributed by atoms with E-state index in [2.05, 4.69) is 13.0 Å². The maximum Gasteiger partial charge on any atom is 0.312 e. The van der Waals surface area contributed by atoms with Crippen molar-refractivity contribution in [2.45, 2.75) is 38.4 Å². The molecule has 4 nitrogen and oxygen atoms in total. The molecule has 24 heavy (non-hydrogen) atoms. The van der Waals surface area contributed by atoms with Gasteiger partial charge in [0, 0.05) is 33.6 Å². The molecule has 130 valence electrons. The highest BCUT2D eigenvalue weighted by Gasteiger charge is 2.63. The monoisotopic (exact) mass is 348 g/mol. The largest absolute Gasteiger partial charge is 0.465 e. The Kier molecular flexibility index (Phi) is 3.48. The lowest BCUT2D eigenvalue weighted by Crippen LogP contribution is -2.56. The van der Waals surface area contributed by atoms with Gasteiger partial charge in [0.1, 0.15) is 0 Å². The van der Waals surface area contributed by atoms with Gasteiger partial charge in [0.25, 0.3) is 0 Å². The van der Waals surface area contributed by atoms with Crippen molar-refractivity contribution in [3.8, 4) is 0 Å². The fraction of sp³-hybridized carbons (Fsp3) is 0.684. The van der Waals surface area contributed by atoms with Crippen molar-refractivity contribution >= 4 is 22.6 Å². The molecule has 0 spiro atoms. The summed E-state index contributed by atoms with van der Waals surface area (Å²) in [6, 6.07) is 0. The predicted molar refractivity (Wildman–Crippen MR) is 91.6 cm³/mol. The van der Waals surface area contributed by atoms with Gasteiger partial charge in [-0.1, -0.05) is 18.6 Å². The summed E-state index contributed by atoms with van der Waals surface area (Å²) < 4.78 is 18.0. The number of allylic oxidation sites excluding steroid dienone is 4. The lowest BCUT2D eigenvalue weighted by molar-refractivity contribution is -0.148. The Morgan fingerprint density at radius 2 is 2.00 bits per heavy atom. The van der Waals surface area contributed by atoms with E-state index in [0.717, 1.165) is 18.4 Å². The van der Waals surface area contributed by atoms with E-state index in [4.69, 9.17) is 4.74 Å². The van der Waals surface area contributed by atoms with Gasteiger partial charge in [0.2, 0.25) is 0 Å². The summed E-state index contributed by atoms with van der Waals surface area (Å²) in [5.41, 5.74) is 0.511. The minimum Gasteiger partial charge on any atom is -0.465 e. The molecule has 0 aromatic rings. The molecule has 3 aliphatic carbocycles. The van der Waals surface area contributed by atoms with Crippen molar-refractivity contribution < 1.29 is 18.5 Å². The van der Waals surface area contributed by atoms with Crippen molar-refractivity contribution in [3.05, 3.63) is 23.8 Å². The van der Waals surface area contributed by atoms with E-state index in [1.807, 2.05) is 6.92 Å². The minimum atomic E-state index is -0.997. The van der Waals surface area contributed by atoms with Crippen molar-refractivity contribution in [1.82, 2.24) is 0 Å². The number of ketones is 1. The van der Waals surface area contributed by atoms with Gasteiger partial charge < -0.3 is 4.74 Å². The molecule has 5 heteroatoms. The third-order valence-corrected chi connectivity index (χ3v) is 8.57. The molecule has 1 heterocycles. The summed E-state index contributed by atoms with van der Waals surface area (Å²) in [4.78, 5) is 24.2. The van der Waals surface area contributed by atoms with E-state index in [-0.39, 0.29) is 34.3 Å². The SMILES string of the molecule is CS(=O)[C@H]1CC2=CC(=O)C=C[C@]2(C)[C@H]2CC[C@]3(C)C(=O)OC[C@H]3[C@H]12. The fourth-order valence-electron chi connectivity index (χ4n) is 5.70. The molecule has 0 bridgehead atoms. The van der Waals surface area contributed by atoms with Crippen LogP contribution in [0.25, 0.3) is 0 Å². The Morgan fingerprint density at radius 3 is 2.71 bits per heavy atom.